The number of carbonyl (C=O) groups is 1. The normalized spacial score (nSPS) is 15.3. The summed E-state index contributed by atoms with van der Waals surface area (Å²) in [6.45, 7) is 1.87. The van der Waals surface area contributed by atoms with Gasteiger partial charge in [-0.05, 0) is 24.3 Å². The number of ether oxygens (including phenoxy) is 1. The van der Waals surface area contributed by atoms with Crippen molar-refractivity contribution in [1.29, 1.82) is 0 Å². The number of aliphatic imine (C=N–C) groups is 1. The van der Waals surface area contributed by atoms with E-state index in [-0.39, 0.29) is 18.6 Å². The number of piperidine rings is 1. The van der Waals surface area contributed by atoms with Gasteiger partial charge in [0.25, 0.3) is 0 Å². The number of para-hydroxylation sites is 2. The molecule has 142 valence electrons. The predicted octanol–water partition coefficient (Wildman–Crippen LogP) is 2.74. The summed E-state index contributed by atoms with van der Waals surface area (Å²) in [6.07, 6.45) is 2.06. The zero-order valence-corrected chi connectivity index (χ0v) is 15.6. The smallest absolute Gasteiger partial charge is 0.243 e. The average molecular weight is 366 g/mol. The largest absolute Gasteiger partial charge is 0.490 e. The fourth-order valence-corrected chi connectivity index (χ4v) is 3.10. The van der Waals surface area contributed by atoms with Crippen molar-refractivity contribution in [3.63, 3.8) is 0 Å². The zero-order valence-electron chi connectivity index (χ0n) is 15.6. The monoisotopic (exact) mass is 366 g/mol. The topological polar surface area (TPSA) is 66.0 Å². The maximum atomic E-state index is 12.1. The summed E-state index contributed by atoms with van der Waals surface area (Å²) in [4.78, 5) is 18.6. The number of nitrogens with zero attached hydrogens (tertiary/aromatic N) is 2. The van der Waals surface area contributed by atoms with Crippen LogP contribution in [0.25, 0.3) is 0 Å². The van der Waals surface area contributed by atoms with Crippen molar-refractivity contribution in [3.05, 3.63) is 60.7 Å². The highest BCUT2D eigenvalue weighted by atomic mass is 16.5. The lowest BCUT2D eigenvalue weighted by Crippen LogP contribution is -2.49. The Morgan fingerprint density at radius 1 is 1.07 bits per heavy atom. The number of rotatable bonds is 5. The van der Waals surface area contributed by atoms with Crippen molar-refractivity contribution in [2.24, 2.45) is 4.99 Å². The molecule has 2 aromatic rings. The maximum Gasteiger partial charge on any atom is 0.243 e. The molecule has 6 nitrogen and oxygen atoms in total. The van der Waals surface area contributed by atoms with E-state index in [1.54, 1.807) is 7.05 Å². The third kappa shape index (κ3) is 5.74. The quantitative estimate of drug-likeness (QED) is 0.631. The molecule has 0 radical (unpaired) electrons. The van der Waals surface area contributed by atoms with Crippen molar-refractivity contribution in [2.45, 2.75) is 18.9 Å². The van der Waals surface area contributed by atoms with Gasteiger partial charge in [-0.15, -0.1) is 0 Å². The average Bonchev–Trinajstić information content (AvgIpc) is 2.71. The summed E-state index contributed by atoms with van der Waals surface area (Å²) in [5, 5.41) is 6.01. The van der Waals surface area contributed by atoms with Crippen molar-refractivity contribution >= 4 is 17.6 Å². The molecule has 0 unspecified atom stereocenters. The van der Waals surface area contributed by atoms with E-state index in [0.29, 0.717) is 0 Å². The molecule has 0 aromatic heterocycles. The molecular formula is C21H26N4O2. The van der Waals surface area contributed by atoms with Gasteiger partial charge < -0.3 is 20.3 Å². The Morgan fingerprint density at radius 2 is 1.70 bits per heavy atom. The van der Waals surface area contributed by atoms with Crippen LogP contribution in [-0.4, -0.2) is 49.6 Å². The Morgan fingerprint density at radius 3 is 2.33 bits per heavy atom. The molecule has 0 saturated carbocycles. The third-order valence-corrected chi connectivity index (χ3v) is 4.46. The minimum atomic E-state index is -0.0929. The molecule has 27 heavy (non-hydrogen) atoms. The molecule has 2 aromatic carbocycles. The number of carbonyl (C=O) groups excluding carboxylic acids is 1. The lowest BCUT2D eigenvalue weighted by atomic mass is 10.1. The summed E-state index contributed by atoms with van der Waals surface area (Å²) in [7, 11) is 1.74. The van der Waals surface area contributed by atoms with E-state index in [1.165, 1.54) is 0 Å². The first kappa shape index (κ1) is 18.8. The molecule has 3 rings (SSSR count). The Kier molecular flexibility index (Phi) is 6.68. The fourth-order valence-electron chi connectivity index (χ4n) is 3.10. The predicted molar refractivity (Wildman–Crippen MR) is 108 cm³/mol. The van der Waals surface area contributed by atoms with Crippen LogP contribution in [0.4, 0.5) is 5.69 Å². The second kappa shape index (κ2) is 9.62. The van der Waals surface area contributed by atoms with Gasteiger partial charge in [0.1, 0.15) is 11.9 Å². The fraction of sp³-hybridized carbons (Fsp3) is 0.333. The lowest BCUT2D eigenvalue weighted by molar-refractivity contribution is -0.115. The molecule has 1 aliphatic heterocycles. The molecule has 0 spiro atoms. The van der Waals surface area contributed by atoms with E-state index < -0.39 is 0 Å². The highest BCUT2D eigenvalue weighted by Crippen LogP contribution is 2.18. The summed E-state index contributed by atoms with van der Waals surface area (Å²) >= 11 is 0. The van der Waals surface area contributed by atoms with E-state index in [1.807, 2.05) is 60.7 Å². The van der Waals surface area contributed by atoms with Crippen LogP contribution in [0, 0.1) is 0 Å². The molecule has 0 atom stereocenters. The van der Waals surface area contributed by atoms with Gasteiger partial charge in [-0.1, -0.05) is 36.4 Å². The summed E-state index contributed by atoms with van der Waals surface area (Å²) in [5.41, 5.74) is 0.790. The summed E-state index contributed by atoms with van der Waals surface area (Å²) < 4.78 is 6.03. The number of anilines is 1. The molecule has 1 fully saturated rings. The highest BCUT2D eigenvalue weighted by molar-refractivity contribution is 5.94. The van der Waals surface area contributed by atoms with Crippen molar-refractivity contribution in [1.82, 2.24) is 10.2 Å². The van der Waals surface area contributed by atoms with Gasteiger partial charge in [0.2, 0.25) is 5.91 Å². The first-order valence-electron chi connectivity index (χ1n) is 9.27. The first-order valence-corrected chi connectivity index (χ1v) is 9.27. The summed E-state index contributed by atoms with van der Waals surface area (Å²) in [6, 6.07) is 19.4. The molecule has 6 heteroatoms. The van der Waals surface area contributed by atoms with E-state index in [2.05, 4.69) is 20.5 Å². The SMILES string of the molecule is CN=C(NCC(=O)Nc1ccccc1)N1CCC(Oc2ccccc2)CC1. The van der Waals surface area contributed by atoms with Gasteiger partial charge in [-0.2, -0.15) is 0 Å². The summed E-state index contributed by atoms with van der Waals surface area (Å²) in [5.74, 6) is 1.57. The van der Waals surface area contributed by atoms with Gasteiger partial charge >= 0.3 is 0 Å². The minimum Gasteiger partial charge on any atom is -0.490 e. The second-order valence-corrected chi connectivity index (χ2v) is 6.43. The highest BCUT2D eigenvalue weighted by Gasteiger charge is 2.23. The van der Waals surface area contributed by atoms with Crippen LogP contribution in [0.2, 0.25) is 0 Å². The zero-order chi connectivity index (χ0) is 18.9. The van der Waals surface area contributed by atoms with Gasteiger partial charge in [0, 0.05) is 38.7 Å². The Labute approximate surface area is 160 Å². The Bertz CT molecular complexity index is 741. The van der Waals surface area contributed by atoms with Crippen LogP contribution < -0.4 is 15.4 Å². The molecule has 1 amide bonds. The molecule has 2 N–H and O–H groups in total. The standard InChI is InChI=1S/C21H26N4O2/c1-22-21(23-16-20(26)24-17-8-4-2-5-9-17)25-14-12-19(13-15-25)27-18-10-6-3-7-11-18/h2-11,19H,12-16H2,1H3,(H,22,23)(H,24,26). The van der Waals surface area contributed by atoms with Crippen LogP contribution in [0.1, 0.15) is 12.8 Å². The first-order chi connectivity index (χ1) is 13.2. The molecule has 1 heterocycles. The second-order valence-electron chi connectivity index (χ2n) is 6.43. The third-order valence-electron chi connectivity index (χ3n) is 4.46. The Hall–Kier alpha value is -3.02. The van der Waals surface area contributed by atoms with Crippen LogP contribution >= 0.6 is 0 Å². The number of benzene rings is 2. The van der Waals surface area contributed by atoms with Crippen molar-refractivity contribution < 1.29 is 9.53 Å². The minimum absolute atomic E-state index is 0.0929. The molecule has 0 bridgehead atoms. The number of hydrogen-bond acceptors (Lipinski definition) is 3. The lowest BCUT2D eigenvalue weighted by Gasteiger charge is -2.34. The number of hydrogen-bond donors (Lipinski definition) is 2. The van der Waals surface area contributed by atoms with E-state index in [0.717, 1.165) is 43.3 Å². The molecule has 1 aliphatic rings. The van der Waals surface area contributed by atoms with E-state index in [9.17, 15) is 4.79 Å². The van der Waals surface area contributed by atoms with Gasteiger partial charge in [-0.3, -0.25) is 9.79 Å². The maximum absolute atomic E-state index is 12.1. The van der Waals surface area contributed by atoms with Crippen molar-refractivity contribution in [3.8, 4) is 5.75 Å². The van der Waals surface area contributed by atoms with Crippen LogP contribution in [0.5, 0.6) is 5.75 Å². The van der Waals surface area contributed by atoms with Gasteiger partial charge in [0.15, 0.2) is 5.96 Å². The molecular weight excluding hydrogens is 340 g/mol. The molecule has 0 aliphatic carbocycles. The molecule has 1 saturated heterocycles. The van der Waals surface area contributed by atoms with Crippen LogP contribution in [0.15, 0.2) is 65.7 Å². The number of amides is 1. The van der Waals surface area contributed by atoms with E-state index in [4.69, 9.17) is 4.74 Å². The van der Waals surface area contributed by atoms with Crippen LogP contribution in [-0.2, 0) is 4.79 Å². The van der Waals surface area contributed by atoms with Crippen molar-refractivity contribution in [2.75, 3.05) is 32.0 Å². The number of guanidine groups is 1. The number of nitrogens with one attached hydrogen (secondary N) is 2. The van der Waals surface area contributed by atoms with Crippen LogP contribution in [0.3, 0.4) is 0 Å². The van der Waals surface area contributed by atoms with Gasteiger partial charge in [0.05, 0.1) is 6.54 Å². The van der Waals surface area contributed by atoms with E-state index >= 15 is 0 Å². The van der Waals surface area contributed by atoms with Gasteiger partial charge in [-0.25, -0.2) is 0 Å². The Balaban J connectivity index is 1.43. The number of likely N-dealkylation sites (tertiary alicyclic amines) is 1.